The van der Waals surface area contributed by atoms with E-state index in [2.05, 4.69) is 23.0 Å². The number of piperazine rings is 1. The summed E-state index contributed by atoms with van der Waals surface area (Å²) in [5.41, 5.74) is 5.25. The molecule has 7 heteroatoms. The van der Waals surface area contributed by atoms with Crippen molar-refractivity contribution in [3.8, 4) is 16.9 Å². The summed E-state index contributed by atoms with van der Waals surface area (Å²) < 4.78 is 7.15. The van der Waals surface area contributed by atoms with E-state index in [1.807, 2.05) is 72.6 Å². The van der Waals surface area contributed by atoms with Gasteiger partial charge in [0.2, 0.25) is 0 Å². The Morgan fingerprint density at radius 2 is 1.70 bits per heavy atom. The van der Waals surface area contributed by atoms with Gasteiger partial charge in [0.25, 0.3) is 5.91 Å². The molecule has 1 fully saturated rings. The van der Waals surface area contributed by atoms with Crippen LogP contribution < -0.4 is 0 Å². The Morgan fingerprint density at radius 1 is 0.970 bits per heavy atom. The molecule has 2 aromatic carbocycles. The topological polar surface area (TPSA) is 67.4 Å². The van der Waals surface area contributed by atoms with E-state index in [9.17, 15) is 4.79 Å². The second-order valence-corrected chi connectivity index (χ2v) is 8.49. The first-order valence-corrected chi connectivity index (χ1v) is 11.2. The lowest BCUT2D eigenvalue weighted by molar-refractivity contribution is 0.0618. The van der Waals surface area contributed by atoms with Gasteiger partial charge in [-0.3, -0.25) is 9.69 Å². The molecule has 0 spiro atoms. The van der Waals surface area contributed by atoms with E-state index in [0.717, 1.165) is 47.1 Å². The second-order valence-electron chi connectivity index (χ2n) is 8.49. The lowest BCUT2D eigenvalue weighted by atomic mass is 10.0. The standard InChI is InChI=1S/C26H27N5O2/c1-19-8-6-7-11-23(19)25-24(18-31(27-25)21-9-4-3-5-10-21)26(32)30-14-12-29(13-15-30)17-22-16-20(2)28-33-22/h3-11,16,18H,12-15,17H2,1-2H3. The summed E-state index contributed by atoms with van der Waals surface area (Å²) in [5, 5.41) is 8.80. The highest BCUT2D eigenvalue weighted by Crippen LogP contribution is 2.28. The van der Waals surface area contributed by atoms with E-state index in [4.69, 9.17) is 9.62 Å². The molecule has 168 valence electrons. The molecule has 0 atom stereocenters. The fraction of sp³-hybridized carbons (Fsp3) is 0.269. The molecule has 1 amide bonds. The van der Waals surface area contributed by atoms with E-state index < -0.39 is 0 Å². The highest BCUT2D eigenvalue weighted by atomic mass is 16.5. The van der Waals surface area contributed by atoms with Crippen LogP contribution in [0.15, 0.2) is 71.4 Å². The van der Waals surface area contributed by atoms with Gasteiger partial charge in [-0.1, -0.05) is 47.6 Å². The van der Waals surface area contributed by atoms with Gasteiger partial charge < -0.3 is 9.42 Å². The molecule has 0 N–H and O–H groups in total. The van der Waals surface area contributed by atoms with Crippen molar-refractivity contribution in [2.75, 3.05) is 26.2 Å². The number of nitrogens with zero attached hydrogens (tertiary/aromatic N) is 5. The maximum Gasteiger partial charge on any atom is 0.257 e. The lowest BCUT2D eigenvalue weighted by Crippen LogP contribution is -2.48. The first-order valence-electron chi connectivity index (χ1n) is 11.2. The first kappa shape index (κ1) is 21.2. The Kier molecular flexibility index (Phi) is 5.79. The number of rotatable bonds is 5. The third-order valence-corrected chi connectivity index (χ3v) is 6.08. The number of carbonyl (C=O) groups excluding carboxylic acids is 1. The Balaban J connectivity index is 1.39. The number of aromatic nitrogens is 3. The quantitative estimate of drug-likeness (QED) is 0.466. The highest BCUT2D eigenvalue weighted by molar-refractivity contribution is 6.00. The Bertz CT molecular complexity index is 1250. The molecule has 3 heterocycles. The summed E-state index contributed by atoms with van der Waals surface area (Å²) in [5.74, 6) is 0.879. The zero-order valence-electron chi connectivity index (χ0n) is 18.9. The van der Waals surface area contributed by atoms with Gasteiger partial charge in [-0.05, 0) is 31.5 Å². The number of hydrogen-bond acceptors (Lipinski definition) is 5. The number of amides is 1. The monoisotopic (exact) mass is 441 g/mol. The van der Waals surface area contributed by atoms with Gasteiger partial charge in [0.05, 0.1) is 23.5 Å². The van der Waals surface area contributed by atoms with Crippen molar-refractivity contribution in [3.05, 3.63) is 89.4 Å². The molecule has 0 unspecified atom stereocenters. The van der Waals surface area contributed by atoms with Crippen LogP contribution in [0.5, 0.6) is 0 Å². The van der Waals surface area contributed by atoms with Crippen LogP contribution in [0, 0.1) is 13.8 Å². The lowest BCUT2D eigenvalue weighted by Gasteiger charge is -2.34. The molecule has 2 aromatic heterocycles. The van der Waals surface area contributed by atoms with Gasteiger partial charge in [0.1, 0.15) is 5.69 Å². The Hall–Kier alpha value is -3.71. The molecule has 0 bridgehead atoms. The molecular weight excluding hydrogens is 414 g/mol. The van der Waals surface area contributed by atoms with Gasteiger partial charge in [0, 0.05) is 44.0 Å². The van der Waals surface area contributed by atoms with Crippen LogP contribution in [0.2, 0.25) is 0 Å². The molecular formula is C26H27N5O2. The zero-order valence-corrected chi connectivity index (χ0v) is 18.9. The van der Waals surface area contributed by atoms with Crippen LogP contribution in [0.4, 0.5) is 0 Å². The SMILES string of the molecule is Cc1cc(CN2CCN(C(=O)c3cn(-c4ccccc4)nc3-c3ccccc3C)CC2)on1. The van der Waals surface area contributed by atoms with Crippen LogP contribution >= 0.6 is 0 Å². The molecule has 7 nitrogen and oxygen atoms in total. The Labute approximate surface area is 193 Å². The third-order valence-electron chi connectivity index (χ3n) is 6.08. The predicted octanol–water partition coefficient (Wildman–Crippen LogP) is 4.10. The van der Waals surface area contributed by atoms with Gasteiger partial charge in [-0.25, -0.2) is 4.68 Å². The van der Waals surface area contributed by atoms with Crippen molar-refractivity contribution in [1.82, 2.24) is 24.7 Å². The van der Waals surface area contributed by atoms with Crippen molar-refractivity contribution in [2.45, 2.75) is 20.4 Å². The van der Waals surface area contributed by atoms with Gasteiger partial charge in [-0.2, -0.15) is 5.10 Å². The van der Waals surface area contributed by atoms with Crippen LogP contribution in [-0.2, 0) is 6.54 Å². The molecule has 0 radical (unpaired) electrons. The van der Waals surface area contributed by atoms with Crippen LogP contribution in [0.25, 0.3) is 16.9 Å². The minimum atomic E-state index is 0.0191. The highest BCUT2D eigenvalue weighted by Gasteiger charge is 2.27. The Morgan fingerprint density at radius 3 is 2.39 bits per heavy atom. The van der Waals surface area contributed by atoms with Crippen LogP contribution in [-0.4, -0.2) is 56.8 Å². The normalized spacial score (nSPS) is 14.5. The molecule has 0 saturated carbocycles. The second kappa shape index (κ2) is 9.03. The molecule has 33 heavy (non-hydrogen) atoms. The van der Waals surface area contributed by atoms with E-state index in [-0.39, 0.29) is 5.91 Å². The first-order chi connectivity index (χ1) is 16.1. The van der Waals surface area contributed by atoms with Crippen molar-refractivity contribution in [2.24, 2.45) is 0 Å². The summed E-state index contributed by atoms with van der Waals surface area (Å²) in [6, 6.07) is 19.9. The maximum absolute atomic E-state index is 13.6. The van der Waals surface area contributed by atoms with Crippen LogP contribution in [0.1, 0.15) is 27.4 Å². The number of aryl methyl sites for hydroxylation is 2. The molecule has 5 rings (SSSR count). The number of carbonyl (C=O) groups is 1. The summed E-state index contributed by atoms with van der Waals surface area (Å²) in [6.45, 7) is 7.59. The van der Waals surface area contributed by atoms with Gasteiger partial charge >= 0.3 is 0 Å². The summed E-state index contributed by atoms with van der Waals surface area (Å²) >= 11 is 0. The van der Waals surface area contributed by atoms with Crippen molar-refractivity contribution in [3.63, 3.8) is 0 Å². The average Bonchev–Trinajstić information content (AvgIpc) is 3.46. The fourth-order valence-electron chi connectivity index (χ4n) is 4.27. The molecule has 1 saturated heterocycles. The largest absolute Gasteiger partial charge is 0.360 e. The minimum absolute atomic E-state index is 0.0191. The summed E-state index contributed by atoms with van der Waals surface area (Å²) in [7, 11) is 0. The summed E-state index contributed by atoms with van der Waals surface area (Å²) in [6.07, 6.45) is 1.86. The molecule has 0 aliphatic carbocycles. The number of hydrogen-bond donors (Lipinski definition) is 0. The van der Waals surface area contributed by atoms with Gasteiger partial charge in [-0.15, -0.1) is 0 Å². The smallest absolute Gasteiger partial charge is 0.257 e. The van der Waals surface area contributed by atoms with E-state index in [0.29, 0.717) is 25.2 Å². The third kappa shape index (κ3) is 4.45. The van der Waals surface area contributed by atoms with Crippen molar-refractivity contribution >= 4 is 5.91 Å². The van der Waals surface area contributed by atoms with E-state index in [1.165, 1.54) is 0 Å². The molecule has 1 aliphatic rings. The van der Waals surface area contributed by atoms with Crippen molar-refractivity contribution in [1.29, 1.82) is 0 Å². The molecule has 1 aliphatic heterocycles. The number of para-hydroxylation sites is 1. The van der Waals surface area contributed by atoms with Crippen LogP contribution in [0.3, 0.4) is 0 Å². The zero-order chi connectivity index (χ0) is 22.8. The van der Waals surface area contributed by atoms with Gasteiger partial charge in [0.15, 0.2) is 5.76 Å². The minimum Gasteiger partial charge on any atom is -0.360 e. The average molecular weight is 442 g/mol. The van der Waals surface area contributed by atoms with Crippen molar-refractivity contribution < 1.29 is 9.32 Å². The van der Waals surface area contributed by atoms with E-state index in [1.54, 1.807) is 4.68 Å². The predicted molar refractivity (Wildman–Crippen MR) is 126 cm³/mol. The summed E-state index contributed by atoms with van der Waals surface area (Å²) in [4.78, 5) is 17.9. The van der Waals surface area contributed by atoms with E-state index >= 15 is 0 Å². The molecule has 4 aromatic rings. The fourth-order valence-corrected chi connectivity index (χ4v) is 4.27. The number of benzene rings is 2. The maximum atomic E-state index is 13.6.